The number of likely N-dealkylation sites (tertiary alicyclic amines) is 1. The van der Waals surface area contributed by atoms with Crippen LogP contribution in [0.2, 0.25) is 0 Å². The predicted octanol–water partition coefficient (Wildman–Crippen LogP) is 3.44. The van der Waals surface area contributed by atoms with Crippen LogP contribution in [0.25, 0.3) is 0 Å². The molecule has 1 aliphatic carbocycles. The first-order valence-electron chi connectivity index (χ1n) is 8.90. The first-order chi connectivity index (χ1) is 10.7. The molecular weight excluding hydrogens is 276 g/mol. The van der Waals surface area contributed by atoms with Crippen molar-refractivity contribution in [3.8, 4) is 5.75 Å². The van der Waals surface area contributed by atoms with E-state index in [0.717, 1.165) is 38.2 Å². The first-order valence-corrected chi connectivity index (χ1v) is 8.90. The van der Waals surface area contributed by atoms with Crippen molar-refractivity contribution >= 4 is 0 Å². The summed E-state index contributed by atoms with van der Waals surface area (Å²) in [7, 11) is 0. The zero-order valence-electron chi connectivity index (χ0n) is 13.5. The molecule has 2 heterocycles. The third-order valence-corrected chi connectivity index (χ3v) is 5.20. The zero-order valence-corrected chi connectivity index (χ0v) is 13.5. The molecule has 0 bridgehead atoms. The van der Waals surface area contributed by atoms with Gasteiger partial charge in [-0.15, -0.1) is 0 Å². The number of pyridine rings is 1. The lowest BCUT2D eigenvalue weighted by atomic mass is 9.95. The van der Waals surface area contributed by atoms with Crippen LogP contribution in [0, 0.1) is 0 Å². The second-order valence-electron chi connectivity index (χ2n) is 6.90. The Labute approximate surface area is 132 Å². The molecule has 1 saturated carbocycles. The van der Waals surface area contributed by atoms with Gasteiger partial charge in [0.2, 0.25) is 5.43 Å². The van der Waals surface area contributed by atoms with E-state index < -0.39 is 0 Å². The molecule has 0 radical (unpaired) electrons. The Morgan fingerprint density at radius 3 is 2.32 bits per heavy atom. The average Bonchev–Trinajstić information content (AvgIpc) is 2.80. The van der Waals surface area contributed by atoms with Crippen LogP contribution >= 0.6 is 0 Å². The van der Waals surface area contributed by atoms with E-state index in [2.05, 4.69) is 9.47 Å². The second-order valence-corrected chi connectivity index (χ2v) is 6.90. The van der Waals surface area contributed by atoms with Gasteiger partial charge in [0, 0.05) is 24.3 Å². The van der Waals surface area contributed by atoms with Crippen molar-refractivity contribution in [2.24, 2.45) is 0 Å². The number of hydrogen-bond acceptors (Lipinski definition) is 3. The van der Waals surface area contributed by atoms with Crippen LogP contribution in [0.4, 0.5) is 0 Å². The van der Waals surface area contributed by atoms with E-state index in [4.69, 9.17) is 0 Å². The van der Waals surface area contributed by atoms with Crippen LogP contribution < -0.4 is 5.43 Å². The minimum Gasteiger partial charge on any atom is -0.503 e. The minimum absolute atomic E-state index is 0.106. The number of aromatic nitrogens is 1. The van der Waals surface area contributed by atoms with Crippen LogP contribution in [0.3, 0.4) is 0 Å². The van der Waals surface area contributed by atoms with E-state index in [1.165, 1.54) is 44.9 Å². The Balaban J connectivity index is 1.84. The Bertz CT molecular complexity index is 539. The summed E-state index contributed by atoms with van der Waals surface area (Å²) in [4.78, 5) is 14.4. The largest absolute Gasteiger partial charge is 0.503 e. The molecule has 0 amide bonds. The summed E-state index contributed by atoms with van der Waals surface area (Å²) in [6, 6.07) is 2.11. The molecule has 0 spiro atoms. The summed E-state index contributed by atoms with van der Waals surface area (Å²) in [6.45, 7) is 3.09. The van der Waals surface area contributed by atoms with Crippen molar-refractivity contribution in [1.82, 2.24) is 9.47 Å². The molecule has 122 valence electrons. The smallest absolute Gasteiger partial charge is 0.223 e. The van der Waals surface area contributed by atoms with Crippen molar-refractivity contribution in [1.29, 1.82) is 0 Å². The van der Waals surface area contributed by atoms with Crippen molar-refractivity contribution in [3.05, 3.63) is 28.2 Å². The van der Waals surface area contributed by atoms with E-state index in [0.29, 0.717) is 6.04 Å². The fourth-order valence-corrected chi connectivity index (χ4v) is 3.93. The van der Waals surface area contributed by atoms with Gasteiger partial charge in [-0.1, -0.05) is 32.1 Å². The van der Waals surface area contributed by atoms with Gasteiger partial charge in [-0.3, -0.25) is 9.69 Å². The Morgan fingerprint density at radius 2 is 1.64 bits per heavy atom. The van der Waals surface area contributed by atoms with Gasteiger partial charge in [-0.05, 0) is 38.8 Å². The highest BCUT2D eigenvalue weighted by Gasteiger charge is 2.20. The van der Waals surface area contributed by atoms with E-state index in [-0.39, 0.29) is 11.2 Å². The lowest BCUT2D eigenvalue weighted by Gasteiger charge is -2.29. The highest BCUT2D eigenvalue weighted by molar-refractivity contribution is 5.21. The van der Waals surface area contributed by atoms with Gasteiger partial charge in [0.15, 0.2) is 5.75 Å². The topological polar surface area (TPSA) is 45.5 Å². The first kappa shape index (κ1) is 15.6. The van der Waals surface area contributed by atoms with E-state index in [1.54, 1.807) is 12.3 Å². The standard InChI is InChI=1S/C18H28N2O2/c21-17-12-16(13-19-10-6-1-2-7-11-19)20(14-18(17)22)15-8-4-3-5-9-15/h12,14-15,22H,1-11,13H2. The average molecular weight is 304 g/mol. The molecule has 1 aromatic heterocycles. The Hall–Kier alpha value is -1.29. The second kappa shape index (κ2) is 7.32. The molecule has 0 atom stereocenters. The van der Waals surface area contributed by atoms with Gasteiger partial charge in [0.05, 0.1) is 6.20 Å². The van der Waals surface area contributed by atoms with Crippen LogP contribution in [0.15, 0.2) is 17.1 Å². The quantitative estimate of drug-likeness (QED) is 0.930. The molecule has 4 nitrogen and oxygen atoms in total. The highest BCUT2D eigenvalue weighted by Crippen LogP contribution is 2.30. The monoisotopic (exact) mass is 304 g/mol. The maximum absolute atomic E-state index is 11.9. The highest BCUT2D eigenvalue weighted by atomic mass is 16.3. The summed E-state index contributed by atoms with van der Waals surface area (Å²) in [5.41, 5.74) is 0.841. The Morgan fingerprint density at radius 1 is 1.00 bits per heavy atom. The molecule has 2 fully saturated rings. The normalized spacial score (nSPS) is 21.6. The molecule has 2 aliphatic rings. The van der Waals surface area contributed by atoms with E-state index >= 15 is 0 Å². The molecule has 1 N–H and O–H groups in total. The summed E-state index contributed by atoms with van der Waals surface area (Å²) < 4.78 is 2.20. The van der Waals surface area contributed by atoms with Gasteiger partial charge in [-0.2, -0.15) is 0 Å². The third kappa shape index (κ3) is 3.72. The lowest BCUT2D eigenvalue weighted by Crippen LogP contribution is -2.28. The molecule has 3 rings (SSSR count). The molecule has 0 unspecified atom stereocenters. The van der Waals surface area contributed by atoms with Crippen molar-refractivity contribution in [2.45, 2.75) is 70.4 Å². The van der Waals surface area contributed by atoms with Gasteiger partial charge in [-0.25, -0.2) is 0 Å². The summed E-state index contributed by atoms with van der Waals surface area (Å²) in [5.74, 6) is -0.106. The van der Waals surface area contributed by atoms with Crippen LogP contribution in [-0.4, -0.2) is 27.7 Å². The summed E-state index contributed by atoms with van der Waals surface area (Å²) >= 11 is 0. The minimum atomic E-state index is -0.239. The van der Waals surface area contributed by atoms with Crippen molar-refractivity contribution in [3.63, 3.8) is 0 Å². The number of rotatable bonds is 3. The van der Waals surface area contributed by atoms with E-state index in [1.807, 2.05) is 0 Å². The number of aromatic hydroxyl groups is 1. The molecule has 1 saturated heterocycles. The van der Waals surface area contributed by atoms with Gasteiger partial charge < -0.3 is 9.67 Å². The van der Waals surface area contributed by atoms with Crippen LogP contribution in [0.1, 0.15) is 69.5 Å². The summed E-state index contributed by atoms with van der Waals surface area (Å²) in [5, 5.41) is 9.86. The van der Waals surface area contributed by atoms with Crippen LogP contribution in [0.5, 0.6) is 5.75 Å². The van der Waals surface area contributed by atoms with Crippen LogP contribution in [-0.2, 0) is 6.54 Å². The van der Waals surface area contributed by atoms with Crippen molar-refractivity contribution in [2.75, 3.05) is 13.1 Å². The summed E-state index contributed by atoms with van der Waals surface area (Å²) in [6.07, 6.45) is 13.0. The molecule has 4 heteroatoms. The van der Waals surface area contributed by atoms with Gasteiger partial charge >= 0.3 is 0 Å². The maximum Gasteiger partial charge on any atom is 0.223 e. The van der Waals surface area contributed by atoms with Gasteiger partial charge in [0.1, 0.15) is 0 Å². The molecule has 22 heavy (non-hydrogen) atoms. The zero-order chi connectivity index (χ0) is 15.4. The number of nitrogens with zero attached hydrogens (tertiary/aromatic N) is 2. The maximum atomic E-state index is 11.9. The lowest BCUT2D eigenvalue weighted by molar-refractivity contribution is 0.257. The molecule has 1 aliphatic heterocycles. The molecule has 1 aromatic rings. The van der Waals surface area contributed by atoms with Crippen molar-refractivity contribution < 1.29 is 5.11 Å². The molecule has 0 aromatic carbocycles. The predicted molar refractivity (Wildman–Crippen MR) is 88.2 cm³/mol. The fourth-order valence-electron chi connectivity index (χ4n) is 3.93. The fraction of sp³-hybridized carbons (Fsp3) is 0.722. The van der Waals surface area contributed by atoms with Gasteiger partial charge in [0.25, 0.3) is 0 Å². The van der Waals surface area contributed by atoms with E-state index in [9.17, 15) is 9.90 Å². The molecular formula is C18H28N2O2. The number of hydrogen-bond donors (Lipinski definition) is 1. The Kier molecular flexibility index (Phi) is 5.19. The SMILES string of the molecule is O=c1cc(CN2CCCCCC2)n(C2CCCCC2)cc1O. The third-order valence-electron chi connectivity index (χ3n) is 5.20.